The van der Waals surface area contributed by atoms with Crippen LogP contribution in [0.25, 0.3) is 0 Å². The highest BCUT2D eigenvalue weighted by atomic mass is 16.5. The van der Waals surface area contributed by atoms with Crippen LogP contribution in [0.4, 0.5) is 0 Å². The normalized spacial score (nSPS) is 27.4. The largest absolute Gasteiger partial charge is 0.492 e. The van der Waals surface area contributed by atoms with Crippen LogP contribution in [0.2, 0.25) is 0 Å². The Labute approximate surface area is 110 Å². The minimum atomic E-state index is -0.195. The molecule has 1 saturated carbocycles. The third-order valence-electron chi connectivity index (χ3n) is 3.99. The van der Waals surface area contributed by atoms with Crippen LogP contribution in [0.3, 0.4) is 0 Å². The lowest BCUT2D eigenvalue weighted by Gasteiger charge is -2.25. The molecule has 1 fully saturated rings. The molecule has 3 heteroatoms. The number of nitrogens with two attached hydrogens (primary N) is 1. The third-order valence-corrected chi connectivity index (χ3v) is 3.99. The van der Waals surface area contributed by atoms with E-state index in [1.807, 2.05) is 6.20 Å². The second kappa shape index (κ2) is 5.70. The highest BCUT2D eigenvalue weighted by Gasteiger charge is 2.36. The molecule has 0 aromatic carbocycles. The van der Waals surface area contributed by atoms with Crippen LogP contribution in [-0.2, 0) is 5.54 Å². The Morgan fingerprint density at radius 1 is 1.44 bits per heavy atom. The van der Waals surface area contributed by atoms with E-state index in [9.17, 15) is 0 Å². The summed E-state index contributed by atoms with van der Waals surface area (Å²) in [6.07, 6.45) is 9.26. The van der Waals surface area contributed by atoms with E-state index in [0.29, 0.717) is 0 Å². The van der Waals surface area contributed by atoms with Crippen LogP contribution in [0.5, 0.6) is 5.75 Å². The standard InChI is InChI=1S/C15H24N2O/c1-3-7-18-14-8-13(10-17-11-14)15(16)6-5-12(4-2)9-15/h8,10-12H,3-7,9,16H2,1-2H3. The lowest BCUT2D eigenvalue weighted by atomic mass is 9.89. The molecule has 0 spiro atoms. The average molecular weight is 248 g/mol. The number of hydrogen-bond acceptors (Lipinski definition) is 3. The van der Waals surface area contributed by atoms with Crippen molar-refractivity contribution in [1.29, 1.82) is 0 Å². The van der Waals surface area contributed by atoms with Gasteiger partial charge >= 0.3 is 0 Å². The van der Waals surface area contributed by atoms with E-state index < -0.39 is 0 Å². The molecule has 0 bridgehead atoms. The van der Waals surface area contributed by atoms with Crippen LogP contribution in [0.1, 0.15) is 51.5 Å². The van der Waals surface area contributed by atoms with Crippen LogP contribution < -0.4 is 10.5 Å². The predicted molar refractivity (Wildman–Crippen MR) is 73.5 cm³/mol. The second-order valence-electron chi connectivity index (χ2n) is 5.43. The van der Waals surface area contributed by atoms with Crippen molar-refractivity contribution in [2.24, 2.45) is 11.7 Å². The minimum Gasteiger partial charge on any atom is -0.492 e. The lowest BCUT2D eigenvalue weighted by molar-refractivity contribution is 0.314. The highest BCUT2D eigenvalue weighted by molar-refractivity contribution is 5.30. The van der Waals surface area contributed by atoms with E-state index in [-0.39, 0.29) is 5.54 Å². The number of nitrogens with zero attached hydrogens (tertiary/aromatic N) is 1. The van der Waals surface area contributed by atoms with Gasteiger partial charge in [0.2, 0.25) is 0 Å². The number of rotatable bonds is 5. The summed E-state index contributed by atoms with van der Waals surface area (Å²) in [7, 11) is 0. The van der Waals surface area contributed by atoms with Gasteiger partial charge in [-0.15, -0.1) is 0 Å². The van der Waals surface area contributed by atoms with Gasteiger partial charge in [-0.1, -0.05) is 20.3 Å². The van der Waals surface area contributed by atoms with E-state index in [4.69, 9.17) is 10.5 Å². The summed E-state index contributed by atoms with van der Waals surface area (Å²) in [5, 5.41) is 0. The molecule has 2 N–H and O–H groups in total. The van der Waals surface area contributed by atoms with Crippen molar-refractivity contribution in [1.82, 2.24) is 4.98 Å². The molecule has 0 aliphatic heterocycles. The molecular weight excluding hydrogens is 224 g/mol. The Morgan fingerprint density at radius 3 is 2.94 bits per heavy atom. The van der Waals surface area contributed by atoms with Gasteiger partial charge < -0.3 is 10.5 Å². The van der Waals surface area contributed by atoms with Crippen molar-refractivity contribution in [2.45, 2.75) is 51.5 Å². The zero-order valence-electron chi connectivity index (χ0n) is 11.5. The van der Waals surface area contributed by atoms with Gasteiger partial charge in [0.15, 0.2) is 0 Å². The Morgan fingerprint density at radius 2 is 2.28 bits per heavy atom. The molecule has 100 valence electrons. The van der Waals surface area contributed by atoms with Crippen LogP contribution >= 0.6 is 0 Å². The van der Waals surface area contributed by atoms with Crippen molar-refractivity contribution >= 4 is 0 Å². The summed E-state index contributed by atoms with van der Waals surface area (Å²) in [4.78, 5) is 4.27. The van der Waals surface area contributed by atoms with Crippen molar-refractivity contribution < 1.29 is 4.74 Å². The van der Waals surface area contributed by atoms with Gasteiger partial charge in [-0.25, -0.2) is 0 Å². The molecule has 2 unspecified atom stereocenters. The number of aromatic nitrogens is 1. The summed E-state index contributed by atoms with van der Waals surface area (Å²) in [5.74, 6) is 1.61. The molecule has 1 aromatic heterocycles. The molecule has 0 amide bonds. The van der Waals surface area contributed by atoms with E-state index in [1.54, 1.807) is 6.20 Å². The molecule has 1 heterocycles. The Bertz CT molecular complexity index is 394. The van der Waals surface area contributed by atoms with Crippen LogP contribution in [0, 0.1) is 5.92 Å². The monoisotopic (exact) mass is 248 g/mol. The number of ether oxygens (including phenoxy) is 1. The van der Waals surface area contributed by atoms with Gasteiger partial charge in [0, 0.05) is 11.7 Å². The van der Waals surface area contributed by atoms with E-state index in [0.717, 1.165) is 43.1 Å². The molecule has 1 aromatic rings. The third kappa shape index (κ3) is 2.83. The molecule has 0 radical (unpaired) electrons. The van der Waals surface area contributed by atoms with Gasteiger partial charge in [-0.2, -0.15) is 0 Å². The lowest BCUT2D eigenvalue weighted by Crippen LogP contribution is -2.33. The van der Waals surface area contributed by atoms with Crippen molar-refractivity contribution in [3.63, 3.8) is 0 Å². The molecule has 1 aliphatic rings. The molecule has 0 saturated heterocycles. The van der Waals surface area contributed by atoms with Gasteiger partial charge in [-0.05, 0) is 43.2 Å². The fourth-order valence-electron chi connectivity index (χ4n) is 2.78. The van der Waals surface area contributed by atoms with Crippen molar-refractivity contribution in [2.75, 3.05) is 6.61 Å². The van der Waals surface area contributed by atoms with Gasteiger partial charge in [-0.3, -0.25) is 4.98 Å². The summed E-state index contributed by atoms with van der Waals surface area (Å²) < 4.78 is 5.64. The maximum Gasteiger partial charge on any atom is 0.137 e. The number of pyridine rings is 1. The summed E-state index contributed by atoms with van der Waals surface area (Å²) in [5.41, 5.74) is 7.48. The summed E-state index contributed by atoms with van der Waals surface area (Å²) in [6, 6.07) is 2.07. The first-order valence-corrected chi connectivity index (χ1v) is 7.05. The molecule has 2 rings (SSSR count). The zero-order valence-corrected chi connectivity index (χ0v) is 11.5. The van der Waals surface area contributed by atoms with E-state index in [2.05, 4.69) is 24.9 Å². The Hall–Kier alpha value is -1.09. The van der Waals surface area contributed by atoms with Crippen LogP contribution in [0.15, 0.2) is 18.5 Å². The first-order chi connectivity index (χ1) is 8.68. The van der Waals surface area contributed by atoms with E-state index >= 15 is 0 Å². The molecule has 1 aliphatic carbocycles. The number of hydrogen-bond donors (Lipinski definition) is 1. The quantitative estimate of drug-likeness (QED) is 0.870. The SMILES string of the molecule is CCCOc1cncc(C2(N)CCC(CC)C2)c1. The predicted octanol–water partition coefficient (Wildman–Crippen LogP) is 3.23. The zero-order chi connectivity index (χ0) is 13.0. The summed E-state index contributed by atoms with van der Waals surface area (Å²) >= 11 is 0. The van der Waals surface area contributed by atoms with Gasteiger partial charge in [0.1, 0.15) is 5.75 Å². The average Bonchev–Trinajstić information content (AvgIpc) is 2.80. The Kier molecular flexibility index (Phi) is 4.23. The fraction of sp³-hybridized carbons (Fsp3) is 0.667. The topological polar surface area (TPSA) is 48.1 Å². The fourth-order valence-corrected chi connectivity index (χ4v) is 2.78. The maximum atomic E-state index is 6.55. The summed E-state index contributed by atoms with van der Waals surface area (Å²) in [6.45, 7) is 5.08. The van der Waals surface area contributed by atoms with Crippen molar-refractivity contribution in [3.8, 4) is 5.75 Å². The molecule has 2 atom stereocenters. The molecule has 3 nitrogen and oxygen atoms in total. The van der Waals surface area contributed by atoms with Gasteiger partial charge in [0.05, 0.1) is 12.8 Å². The first kappa shape index (κ1) is 13.3. The molecular formula is C15H24N2O. The highest BCUT2D eigenvalue weighted by Crippen LogP contribution is 2.41. The maximum absolute atomic E-state index is 6.55. The van der Waals surface area contributed by atoms with Crippen LogP contribution in [-0.4, -0.2) is 11.6 Å². The molecule has 18 heavy (non-hydrogen) atoms. The first-order valence-electron chi connectivity index (χ1n) is 7.05. The second-order valence-corrected chi connectivity index (χ2v) is 5.43. The van der Waals surface area contributed by atoms with Crippen molar-refractivity contribution in [3.05, 3.63) is 24.0 Å². The Balaban J connectivity index is 2.12. The smallest absolute Gasteiger partial charge is 0.137 e. The minimum absolute atomic E-state index is 0.195. The van der Waals surface area contributed by atoms with E-state index in [1.165, 1.54) is 12.8 Å². The van der Waals surface area contributed by atoms with Gasteiger partial charge in [0.25, 0.3) is 0 Å².